The molecule has 0 unspecified atom stereocenters. The molecule has 4 rings (SSSR count). The third kappa shape index (κ3) is 2.92. The molecule has 7 heteroatoms. The topological polar surface area (TPSA) is 109 Å². The van der Waals surface area contributed by atoms with E-state index in [4.69, 9.17) is 15.6 Å². The van der Waals surface area contributed by atoms with Crippen LogP contribution in [0.2, 0.25) is 0 Å². The highest BCUT2D eigenvalue weighted by Crippen LogP contribution is 2.23. The quantitative estimate of drug-likeness (QED) is 0.373. The molecule has 0 radical (unpaired) electrons. The Morgan fingerprint density at radius 3 is 2.82 bits per heavy atom. The average molecular weight is 373 g/mol. The number of nitrogens with one attached hydrogen (secondary N) is 2. The van der Waals surface area contributed by atoms with Gasteiger partial charge in [-0.3, -0.25) is 10.2 Å². The molecule has 3 aromatic heterocycles. The molecule has 140 valence electrons. The molecule has 0 saturated heterocycles. The first-order chi connectivity index (χ1) is 13.5. The number of aryl methyl sites for hydroxylation is 2. The van der Waals surface area contributed by atoms with Crippen molar-refractivity contribution in [3.8, 4) is 0 Å². The van der Waals surface area contributed by atoms with Crippen LogP contribution in [0.5, 0.6) is 0 Å². The van der Waals surface area contributed by atoms with Gasteiger partial charge >= 0.3 is 0 Å². The third-order valence-electron chi connectivity index (χ3n) is 4.77. The molecule has 0 fully saturated rings. The highest BCUT2D eigenvalue weighted by molar-refractivity contribution is 6.14. The van der Waals surface area contributed by atoms with Gasteiger partial charge in [0, 0.05) is 28.2 Å². The van der Waals surface area contributed by atoms with Gasteiger partial charge in [-0.1, -0.05) is 0 Å². The van der Waals surface area contributed by atoms with Crippen LogP contribution < -0.4 is 11.1 Å². The molecule has 0 atom stereocenters. The van der Waals surface area contributed by atoms with Crippen LogP contribution in [0.3, 0.4) is 0 Å². The van der Waals surface area contributed by atoms with Gasteiger partial charge in [-0.2, -0.15) is 0 Å². The van der Waals surface area contributed by atoms with Crippen molar-refractivity contribution in [3.05, 3.63) is 83.3 Å². The van der Waals surface area contributed by atoms with Crippen LogP contribution in [-0.2, 0) is 0 Å². The van der Waals surface area contributed by atoms with Gasteiger partial charge in [0.2, 0.25) is 0 Å². The lowest BCUT2D eigenvalue weighted by molar-refractivity contribution is 0.102. The molecule has 1 aromatic carbocycles. The Morgan fingerprint density at radius 1 is 1.25 bits per heavy atom. The summed E-state index contributed by atoms with van der Waals surface area (Å²) in [5.74, 6) is -0.226. The molecule has 0 saturated carbocycles. The fourth-order valence-electron chi connectivity index (χ4n) is 3.34. The van der Waals surface area contributed by atoms with Gasteiger partial charge in [0.1, 0.15) is 0 Å². The lowest BCUT2D eigenvalue weighted by Crippen LogP contribution is -2.17. The highest BCUT2D eigenvalue weighted by Gasteiger charge is 2.17. The number of fused-ring (bicyclic) bond motifs is 1. The van der Waals surface area contributed by atoms with E-state index in [1.165, 1.54) is 12.5 Å². The number of aromatic nitrogens is 2. The fourth-order valence-corrected chi connectivity index (χ4v) is 3.34. The monoisotopic (exact) mass is 373 g/mol. The lowest BCUT2D eigenvalue weighted by atomic mass is 10.0. The van der Waals surface area contributed by atoms with Crippen molar-refractivity contribution in [3.63, 3.8) is 0 Å². The Morgan fingerprint density at radius 2 is 2.07 bits per heavy atom. The van der Waals surface area contributed by atoms with Crippen molar-refractivity contribution in [2.75, 3.05) is 11.1 Å². The first-order valence-corrected chi connectivity index (χ1v) is 8.70. The second kappa shape index (κ2) is 6.70. The summed E-state index contributed by atoms with van der Waals surface area (Å²) in [6.07, 6.45) is 6.44. The number of anilines is 2. The van der Waals surface area contributed by atoms with Crippen LogP contribution in [0.1, 0.15) is 32.7 Å². The highest BCUT2D eigenvalue weighted by atomic mass is 16.3. The fraction of sp³-hybridized carbons (Fsp3) is 0.0952. The molecule has 0 aliphatic rings. The molecule has 28 heavy (non-hydrogen) atoms. The maximum Gasteiger partial charge on any atom is 0.257 e. The molecule has 4 aromatic rings. The van der Waals surface area contributed by atoms with Crippen LogP contribution in [-0.4, -0.2) is 21.0 Å². The molecular weight excluding hydrogens is 354 g/mol. The number of amides is 1. The van der Waals surface area contributed by atoms with E-state index in [0.29, 0.717) is 28.1 Å². The number of nitrogens with zero attached hydrogens (tertiary/aromatic N) is 2. The van der Waals surface area contributed by atoms with Crippen LogP contribution in [0.25, 0.3) is 5.52 Å². The largest absolute Gasteiger partial charge is 0.472 e. The van der Waals surface area contributed by atoms with E-state index in [-0.39, 0.29) is 11.6 Å². The van der Waals surface area contributed by atoms with Crippen molar-refractivity contribution >= 4 is 28.5 Å². The molecule has 7 nitrogen and oxygen atoms in total. The van der Waals surface area contributed by atoms with Gasteiger partial charge in [-0.15, -0.1) is 0 Å². The van der Waals surface area contributed by atoms with Crippen LogP contribution in [0.4, 0.5) is 11.4 Å². The second-order valence-corrected chi connectivity index (χ2v) is 6.62. The number of carbonyl (C=O) groups excluding carboxylic acids is 1. The number of imidazole rings is 1. The number of furan rings is 1. The van der Waals surface area contributed by atoms with Crippen LogP contribution in [0, 0.1) is 19.3 Å². The van der Waals surface area contributed by atoms with E-state index in [1.807, 2.05) is 24.3 Å². The number of nitrogen functional groups attached to an aromatic ring is 1. The molecule has 4 N–H and O–H groups in total. The molecule has 0 aliphatic heterocycles. The summed E-state index contributed by atoms with van der Waals surface area (Å²) in [7, 11) is 0. The molecule has 3 heterocycles. The molecule has 0 spiro atoms. The number of rotatable bonds is 4. The second-order valence-electron chi connectivity index (χ2n) is 6.62. The summed E-state index contributed by atoms with van der Waals surface area (Å²) in [6.45, 7) is 3.79. The first-order valence-electron chi connectivity index (χ1n) is 8.70. The molecular formula is C21H19N5O2. The summed E-state index contributed by atoms with van der Waals surface area (Å²) < 4.78 is 6.93. The zero-order chi connectivity index (χ0) is 19.8. The summed E-state index contributed by atoms with van der Waals surface area (Å²) >= 11 is 0. The van der Waals surface area contributed by atoms with E-state index in [0.717, 1.165) is 16.8 Å². The summed E-state index contributed by atoms with van der Waals surface area (Å²) in [5.41, 5.74) is 11.6. The number of benzene rings is 1. The van der Waals surface area contributed by atoms with Gasteiger partial charge in [-0.25, -0.2) is 4.98 Å². The number of carbonyl (C=O) groups is 1. The Hall–Kier alpha value is -3.87. The van der Waals surface area contributed by atoms with Crippen LogP contribution in [0.15, 0.2) is 59.8 Å². The predicted molar refractivity (Wildman–Crippen MR) is 108 cm³/mol. The Kier molecular flexibility index (Phi) is 4.19. The van der Waals surface area contributed by atoms with Crippen molar-refractivity contribution in [1.29, 1.82) is 5.41 Å². The van der Waals surface area contributed by atoms with Crippen LogP contribution >= 0.6 is 0 Å². The van der Waals surface area contributed by atoms with E-state index < -0.39 is 0 Å². The van der Waals surface area contributed by atoms with Gasteiger partial charge in [-0.05, 0) is 49.7 Å². The zero-order valence-electron chi connectivity index (χ0n) is 15.5. The number of hydrogen-bond acceptors (Lipinski definition) is 5. The lowest BCUT2D eigenvalue weighted by Gasteiger charge is -2.14. The first kappa shape index (κ1) is 17.5. The van der Waals surface area contributed by atoms with Gasteiger partial charge in [0.05, 0.1) is 41.8 Å². The maximum absolute atomic E-state index is 13.0. The van der Waals surface area contributed by atoms with E-state index in [2.05, 4.69) is 10.3 Å². The number of nitrogens with two attached hydrogens (primary N) is 1. The zero-order valence-corrected chi connectivity index (χ0v) is 15.5. The smallest absolute Gasteiger partial charge is 0.257 e. The van der Waals surface area contributed by atoms with Crippen molar-refractivity contribution in [1.82, 2.24) is 9.38 Å². The minimum Gasteiger partial charge on any atom is -0.472 e. The van der Waals surface area contributed by atoms with E-state index in [9.17, 15) is 4.79 Å². The Balaban J connectivity index is 1.67. The number of hydrogen-bond donors (Lipinski definition) is 3. The summed E-state index contributed by atoms with van der Waals surface area (Å²) in [5, 5.41) is 11.3. The van der Waals surface area contributed by atoms with Gasteiger partial charge in [0.25, 0.3) is 5.91 Å². The predicted octanol–water partition coefficient (Wildman–Crippen LogP) is 3.79. The molecule has 0 bridgehead atoms. The standard InChI is InChI=1S/C21H19N5O2/c1-12-7-16-9-24-11-26(16)13(2)19(12)21(27)25-15-3-4-18(22)17(8-15)20(23)14-5-6-28-10-14/h3-11,23H,22H2,1-2H3,(H,25,27). The Labute approximate surface area is 161 Å². The average Bonchev–Trinajstić information content (AvgIpc) is 3.34. The maximum atomic E-state index is 13.0. The van der Waals surface area contributed by atoms with Gasteiger partial charge in [0.15, 0.2) is 0 Å². The summed E-state index contributed by atoms with van der Waals surface area (Å²) in [4.78, 5) is 17.1. The minimum absolute atomic E-state index is 0.226. The van der Waals surface area contributed by atoms with Gasteiger partial charge < -0.3 is 19.9 Å². The van der Waals surface area contributed by atoms with Crippen molar-refractivity contribution in [2.24, 2.45) is 0 Å². The Bertz CT molecular complexity index is 1210. The SMILES string of the molecule is Cc1cc2cncn2c(C)c1C(=O)Nc1ccc(N)c(C(=N)c2ccoc2)c1. The molecule has 0 aliphatic carbocycles. The minimum atomic E-state index is -0.226. The van der Waals surface area contributed by atoms with Crippen molar-refractivity contribution < 1.29 is 9.21 Å². The number of pyridine rings is 1. The van der Waals surface area contributed by atoms with E-state index >= 15 is 0 Å². The van der Waals surface area contributed by atoms with Crippen molar-refractivity contribution in [2.45, 2.75) is 13.8 Å². The van der Waals surface area contributed by atoms with E-state index in [1.54, 1.807) is 36.8 Å². The normalized spacial score (nSPS) is 10.9. The molecule has 1 amide bonds. The third-order valence-corrected chi connectivity index (χ3v) is 4.77. The summed E-state index contributed by atoms with van der Waals surface area (Å²) in [6, 6.07) is 8.72.